The average Bonchev–Trinajstić information content (AvgIpc) is 1.58. The maximum Gasteiger partial charge on any atom is 0.374 e. The molecule has 7 aromatic rings. The zero-order valence-electron chi connectivity index (χ0n) is 67.0. The summed E-state index contributed by atoms with van der Waals surface area (Å²) in [6, 6.07) is 17.4. The number of amides is 6. The van der Waals surface area contributed by atoms with Crippen LogP contribution in [0.2, 0.25) is 10.0 Å². The maximum absolute atomic E-state index is 16.0. The number of fused-ring (bicyclic) bond motifs is 19. The molecule has 5 fully saturated rings. The number of benzene rings is 7. The molecule has 7 heterocycles. The van der Waals surface area contributed by atoms with Gasteiger partial charge < -0.3 is 128 Å². The van der Waals surface area contributed by atoms with Crippen molar-refractivity contribution in [3.8, 4) is 68.2 Å². The quantitative estimate of drug-likeness (QED) is 0.0224. The van der Waals surface area contributed by atoms with E-state index in [-0.39, 0.29) is 88.5 Å². The van der Waals surface area contributed by atoms with Gasteiger partial charge in [0.25, 0.3) is 6.04 Å². The second-order valence-corrected chi connectivity index (χ2v) is 33.9. The number of carbonyl (C=O) groups excluding carboxylic acids is 6. The fourth-order valence-electron chi connectivity index (χ4n) is 16.9. The standard InChI is InChI=1S/C86H94Cl2N10O25/c1-37(2)24-52(89)74(106)96-66-68(103)44-19-22-57(50(87)26-44)117-59-28-46-29-60(70(59)120-81-71(61-34-86(123-81,82(115)119-61)33-39-12-13-39)121-83-84(4)73(122-83)72(105)85(84,5)91-35-54(79(111)112)98(6)36-40-14-16-42(17-15-40)41-10-8-7-9-11-41)118-58-23-20-45(27-51(58)88)69(104)67(97-116)78(110)95-65(80(113)114)49-30-47(99)31-56(101)63(49)48-25-43(18-21-55(48)100)38(3)92-76(108)64(46)94-75(107)53(32-62(90)102)93-77(66)109/h7-11,14-23,25-31,37-39,52-54,61,64-69,71-73,81-83,91,97,103-105,115-116H,6,12-13,24,32-36,89H2,1-5H3,(H11-,90,92,93,94,95,96,99,100,101,102,106,107,108,109,110,111,112,113,114)/p+1. The van der Waals surface area contributed by atoms with E-state index in [0.29, 0.717) is 0 Å². The minimum absolute atomic E-state index is 0.0102. The van der Waals surface area contributed by atoms with Crippen LogP contribution in [0.4, 0.5) is 0 Å². The number of aliphatic hydroxyl groups is 4. The third kappa shape index (κ3) is 17.6. The summed E-state index contributed by atoms with van der Waals surface area (Å²) in [5, 5.41) is 130. The van der Waals surface area contributed by atoms with Crippen LogP contribution in [0.15, 0.2) is 133 Å². The van der Waals surface area contributed by atoms with E-state index in [4.69, 9.17) is 67.8 Å². The fourth-order valence-corrected chi connectivity index (χ4v) is 17.4. The van der Waals surface area contributed by atoms with Crippen LogP contribution in [-0.4, -0.2) is 201 Å². The molecule has 0 spiro atoms. The van der Waals surface area contributed by atoms with Gasteiger partial charge in [-0.2, -0.15) is 5.48 Å². The Morgan fingerprint density at radius 2 is 1.34 bits per heavy atom. The highest BCUT2D eigenvalue weighted by Gasteiger charge is 2.79. The van der Waals surface area contributed by atoms with Gasteiger partial charge in [-0.1, -0.05) is 130 Å². The first-order valence-corrected chi connectivity index (χ1v) is 40.6. The third-order valence-electron chi connectivity index (χ3n) is 24.1. The lowest BCUT2D eigenvalue weighted by atomic mass is 9.48. The first-order chi connectivity index (χ1) is 58.4. The second kappa shape index (κ2) is 35.2. The van der Waals surface area contributed by atoms with E-state index in [2.05, 4.69) is 38.6 Å². The SMILES string of the molecule is C=[N+](Cc1ccc(-c2ccccc2)cc1)C(CNC1(C)C(O)C2OC(OC3C4CC(CC5CC5)(OC3Oc3c5cc6cc3Oc3ccc(cc3Cl)C(O)C(NC(=O)C(N)CC(C)C)C(=O)NC(CC(N)=O)C(=O)NC6C(=O)NC(C)c3ccc(O)c(c3)-c3c(O)cc(O)cc3C(C(=O)O)NC(=O)C(NO)C(O)c3ccc(c(Cl)c3)O5)C(O)O4)C21C)C(=O)O. The smallest absolute Gasteiger partial charge is 0.374 e. The molecule has 0 aromatic heterocycles. The van der Waals surface area contributed by atoms with E-state index in [0.717, 1.165) is 72.0 Å². The highest BCUT2D eigenvalue weighted by atomic mass is 35.5. The summed E-state index contributed by atoms with van der Waals surface area (Å²) >= 11 is 14.4. The summed E-state index contributed by atoms with van der Waals surface area (Å²) in [5.74, 6) is -14.9. The van der Waals surface area contributed by atoms with Crippen molar-refractivity contribution in [3.05, 3.63) is 177 Å². The molecule has 35 nitrogen and oxygen atoms in total. The van der Waals surface area contributed by atoms with Crippen LogP contribution in [0.1, 0.15) is 137 Å². The Morgan fingerprint density at radius 1 is 0.715 bits per heavy atom. The van der Waals surface area contributed by atoms with Crippen molar-refractivity contribution in [1.82, 2.24) is 37.4 Å². The molecule has 0 radical (unpaired) electrons. The Bertz CT molecular complexity index is 5300. The maximum atomic E-state index is 16.0. The topological polar surface area (TPSA) is 543 Å². The molecule has 3 saturated heterocycles. The van der Waals surface area contributed by atoms with Crippen molar-refractivity contribution < 1.29 is 127 Å². The molecule has 37 heteroatoms. The number of carboxylic acid groups (broad SMARTS) is 2. The largest absolute Gasteiger partial charge is 0.508 e. The van der Waals surface area contributed by atoms with Gasteiger partial charge in [0.1, 0.15) is 89.6 Å². The minimum Gasteiger partial charge on any atom is -0.508 e. The number of nitrogens with two attached hydrogens (primary N) is 2. The molecule has 7 aromatic carbocycles. The molecule has 11 bridgehead atoms. The van der Waals surface area contributed by atoms with E-state index < -0.39 is 225 Å². The van der Waals surface area contributed by atoms with Crippen LogP contribution in [-0.2, 0) is 63.8 Å². The molecule has 2 saturated carbocycles. The summed E-state index contributed by atoms with van der Waals surface area (Å²) in [6.45, 7) is 12.4. The number of aliphatic hydroxyl groups excluding tert-OH is 4. The summed E-state index contributed by atoms with van der Waals surface area (Å²) in [4.78, 5) is 115. The number of hydrogen-bond donors (Lipinski definition) is 19. The number of hydroxylamine groups is 1. The number of aromatic hydroxyl groups is 3. The second-order valence-electron chi connectivity index (χ2n) is 33.0. The Morgan fingerprint density at radius 3 is 1.94 bits per heavy atom. The first kappa shape index (κ1) is 88.2. The predicted molar refractivity (Wildman–Crippen MR) is 436 cm³/mol. The van der Waals surface area contributed by atoms with Crippen LogP contribution in [0.5, 0.6) is 46.0 Å². The van der Waals surface area contributed by atoms with Crippen LogP contribution in [0.25, 0.3) is 22.3 Å². The monoisotopic (exact) mass is 1740 g/mol. The molecule has 652 valence electrons. The van der Waals surface area contributed by atoms with E-state index in [9.17, 15) is 79.9 Å². The number of halogens is 2. The molecule has 123 heavy (non-hydrogen) atoms. The number of carboxylic acids is 2. The van der Waals surface area contributed by atoms with Crippen molar-refractivity contribution in [1.29, 1.82) is 0 Å². The molecule has 21 N–H and O–H groups in total. The Balaban J connectivity index is 0.912. The molecular weight excluding hydrogens is 1640 g/mol. The van der Waals surface area contributed by atoms with E-state index in [1.807, 2.05) is 54.6 Å². The third-order valence-corrected chi connectivity index (χ3v) is 24.7. The molecular formula is C86H95Cl2N10O25+. The molecule has 20 atom stereocenters. The molecule has 9 aliphatic rings. The van der Waals surface area contributed by atoms with Gasteiger partial charge in [-0.05, 0) is 127 Å². The Kier molecular flexibility index (Phi) is 25.3. The molecule has 20 unspecified atom stereocenters. The van der Waals surface area contributed by atoms with Crippen molar-refractivity contribution in [2.24, 2.45) is 28.7 Å². The highest BCUT2D eigenvalue weighted by Crippen LogP contribution is 2.64. The number of hydrogen-bond acceptors (Lipinski definition) is 26. The van der Waals surface area contributed by atoms with E-state index in [1.165, 1.54) is 47.9 Å². The van der Waals surface area contributed by atoms with Gasteiger partial charge in [-0.3, -0.25) is 28.8 Å². The number of carbonyl (C=O) groups is 8. The number of phenolic OH excluding ortho intramolecular Hbond substituents is 3. The van der Waals surface area contributed by atoms with Gasteiger partial charge in [0.05, 0.1) is 58.3 Å². The summed E-state index contributed by atoms with van der Waals surface area (Å²) in [7, 11) is 0. The molecule has 7 aliphatic heterocycles. The van der Waals surface area contributed by atoms with Crippen LogP contribution in [0.3, 0.4) is 0 Å². The van der Waals surface area contributed by atoms with Gasteiger partial charge in [0.15, 0.2) is 36.7 Å². The van der Waals surface area contributed by atoms with Crippen molar-refractivity contribution in [2.45, 2.75) is 195 Å². The number of nitrogens with one attached hydrogen (secondary N) is 7. The minimum atomic E-state index is -2.27. The number of nitrogens with zero attached hydrogens (tertiary/aromatic N) is 1. The van der Waals surface area contributed by atoms with Gasteiger partial charge >= 0.3 is 11.9 Å². The van der Waals surface area contributed by atoms with Crippen molar-refractivity contribution in [2.75, 3.05) is 6.54 Å². The summed E-state index contributed by atoms with van der Waals surface area (Å²) < 4.78 is 49.4. The molecule has 6 amide bonds. The van der Waals surface area contributed by atoms with Crippen LogP contribution < -0.4 is 63.1 Å². The normalized spacial score (nSPS) is 29.1. The van der Waals surface area contributed by atoms with Crippen molar-refractivity contribution >= 4 is 77.3 Å². The van der Waals surface area contributed by atoms with E-state index >= 15 is 9.59 Å². The number of primary amides is 1. The lowest BCUT2D eigenvalue weighted by molar-refractivity contribution is -0.561. The van der Waals surface area contributed by atoms with Gasteiger partial charge in [0.2, 0.25) is 47.5 Å². The number of ether oxygens (including phenoxy) is 7. The average molecular weight is 1740 g/mol. The summed E-state index contributed by atoms with van der Waals surface area (Å²) in [5.41, 5.74) is 10.2. The van der Waals surface area contributed by atoms with Gasteiger partial charge in [0, 0.05) is 34.7 Å². The molecule has 2 aliphatic carbocycles. The number of rotatable bonds is 22. The lowest BCUT2D eigenvalue weighted by Crippen LogP contribution is -2.90. The molecule has 16 rings (SSSR count). The van der Waals surface area contributed by atoms with Gasteiger partial charge in [-0.25, -0.2) is 14.2 Å². The van der Waals surface area contributed by atoms with Crippen LogP contribution >= 0.6 is 23.2 Å². The first-order valence-electron chi connectivity index (χ1n) is 39.8. The van der Waals surface area contributed by atoms with E-state index in [1.54, 1.807) is 33.2 Å². The fraction of sp³-hybridized carbons (Fsp3) is 0.407. The van der Waals surface area contributed by atoms with Gasteiger partial charge in [-0.15, -0.1) is 0 Å². The zero-order valence-corrected chi connectivity index (χ0v) is 68.5. The Labute approximate surface area is 713 Å². The highest BCUT2D eigenvalue weighted by molar-refractivity contribution is 6.32. The lowest BCUT2D eigenvalue weighted by Gasteiger charge is -2.73. The number of phenols is 3. The van der Waals surface area contributed by atoms with Crippen molar-refractivity contribution in [3.63, 3.8) is 0 Å². The number of aliphatic carboxylic acids is 2. The predicted octanol–water partition coefficient (Wildman–Crippen LogP) is 5.55. The Hall–Kier alpha value is -11.1. The zero-order chi connectivity index (χ0) is 88.3. The van der Waals surface area contributed by atoms with Crippen LogP contribution in [0, 0.1) is 17.3 Å². The summed E-state index contributed by atoms with van der Waals surface area (Å²) in [6.07, 6.45) is -13.1.